The Morgan fingerprint density at radius 3 is 0.968 bits per heavy atom. The molecule has 8 heterocycles. The zero-order valence-electron chi connectivity index (χ0n) is 71.8. The molecule has 4 aliphatic heterocycles. The van der Waals surface area contributed by atoms with Crippen LogP contribution in [0.3, 0.4) is 0 Å². The third kappa shape index (κ3) is 15.4. The van der Waals surface area contributed by atoms with Gasteiger partial charge in [0.05, 0.1) is 103 Å². The van der Waals surface area contributed by atoms with Crippen LogP contribution in [-0.4, -0.2) is 212 Å². The second-order valence-electron chi connectivity index (χ2n) is 36.8. The lowest BCUT2D eigenvalue weighted by Crippen LogP contribution is -2.55. The van der Waals surface area contributed by atoms with Crippen molar-refractivity contribution in [2.45, 2.75) is 179 Å². The Morgan fingerprint density at radius 2 is 0.706 bits per heavy atom. The number of nitrogens with zero attached hydrogens (tertiary/aromatic N) is 14. The summed E-state index contributed by atoms with van der Waals surface area (Å²) in [4.78, 5) is 82.3. The maximum absolute atomic E-state index is 13.4. The molecule has 20 rings (SSSR count). The van der Waals surface area contributed by atoms with E-state index in [2.05, 4.69) is 96.7 Å². The quantitative estimate of drug-likeness (QED) is 0.0330. The largest absolute Gasteiger partial charge is 0.481 e. The van der Waals surface area contributed by atoms with Gasteiger partial charge in [-0.2, -0.15) is 25.7 Å². The molecular weight excluding hydrogens is 1620 g/mol. The SMILES string of the molecule is CN(C)CCCN1C[C@@]2(CCCC3=Cc4c(cnn4-c4ccc(F)cc4)C[C@@]32C)OC1=O.C[C@]12Cc3cnn(-c4ccc(F)cc4)c3C=C1CCC[C@@]21CN(CCC(=O)NC#N)C(=O)O1.C[C@]12Cc3cnn(-c4ccc(F)cc4)c3C=C1CCC[C@@]21CN(CCC(=O)O)C(=O)O1.C[C@]12Cc3cnn(-c4ccc(F)cc4)c3C=C1CCC[C@@]21CN(CCCO)C(=O)O1. The average Bonchev–Trinajstić information content (AvgIpc) is 1.54. The monoisotopic (exact) mass is 1720 g/mol. The summed E-state index contributed by atoms with van der Waals surface area (Å²) in [6, 6.07) is 25.3. The number of benzene rings is 4. The van der Waals surface area contributed by atoms with Crippen LogP contribution in [0.15, 0.2) is 144 Å². The first-order chi connectivity index (χ1) is 60.4. The summed E-state index contributed by atoms with van der Waals surface area (Å²) in [5, 5.41) is 47.1. The normalized spacial score (nSPS) is 26.8. The molecular formula is C95H105F4N15O12. The molecule has 4 saturated heterocycles. The number of halogens is 4. The second-order valence-corrected chi connectivity index (χ2v) is 36.8. The number of aliphatic carboxylic acids is 1. The molecule has 4 spiro atoms. The third-order valence-corrected chi connectivity index (χ3v) is 29.2. The number of carboxylic acids is 1. The van der Waals surface area contributed by atoms with E-state index in [0.29, 0.717) is 52.0 Å². The van der Waals surface area contributed by atoms with Gasteiger partial charge in [-0.15, -0.1) is 0 Å². The van der Waals surface area contributed by atoms with Crippen molar-refractivity contribution in [3.8, 4) is 28.9 Å². The molecule has 4 saturated carbocycles. The highest BCUT2D eigenvalue weighted by Crippen LogP contribution is 2.62. The molecule has 31 heteroatoms. The Kier molecular flexibility index (Phi) is 22.9. The predicted molar refractivity (Wildman–Crippen MR) is 457 cm³/mol. The molecule has 126 heavy (non-hydrogen) atoms. The van der Waals surface area contributed by atoms with Crippen LogP contribution in [0.4, 0.5) is 36.7 Å². The number of amides is 5. The number of aliphatic hydroxyl groups excluding tert-OH is 1. The molecule has 660 valence electrons. The van der Waals surface area contributed by atoms with Gasteiger partial charge in [0, 0.05) is 60.9 Å². The minimum Gasteiger partial charge on any atom is -0.481 e. The van der Waals surface area contributed by atoms with Gasteiger partial charge in [0.2, 0.25) is 5.91 Å². The van der Waals surface area contributed by atoms with E-state index in [1.54, 1.807) is 64.5 Å². The smallest absolute Gasteiger partial charge is 0.410 e. The van der Waals surface area contributed by atoms with Crippen LogP contribution in [-0.2, 0) is 54.2 Å². The molecule has 3 N–H and O–H groups in total. The van der Waals surface area contributed by atoms with Gasteiger partial charge in [-0.3, -0.25) is 14.9 Å². The van der Waals surface area contributed by atoms with Gasteiger partial charge >= 0.3 is 30.3 Å². The molecule has 8 atom stereocenters. The Bertz CT molecular complexity index is 5760. The van der Waals surface area contributed by atoms with E-state index >= 15 is 0 Å². The summed E-state index contributed by atoms with van der Waals surface area (Å²) >= 11 is 0. The molecule has 12 aliphatic rings. The first-order valence-electron chi connectivity index (χ1n) is 43.7. The van der Waals surface area contributed by atoms with Crippen molar-refractivity contribution >= 4 is 60.6 Å². The lowest BCUT2D eigenvalue weighted by Gasteiger charge is -2.51. The number of hydrogen-bond donors (Lipinski definition) is 3. The van der Waals surface area contributed by atoms with Gasteiger partial charge in [-0.1, -0.05) is 50.0 Å². The topological polar surface area (TPSA) is 303 Å². The van der Waals surface area contributed by atoms with Crippen molar-refractivity contribution in [1.82, 2.24) is 68.9 Å². The number of rotatable bonds is 17. The minimum absolute atomic E-state index is 0.0484. The number of hydrogen-bond acceptors (Lipinski definition) is 17. The maximum Gasteiger partial charge on any atom is 0.410 e. The Hall–Kier alpha value is -12.2. The van der Waals surface area contributed by atoms with Gasteiger partial charge in [-0.05, 0) is 280 Å². The fraction of sp³-hybridized carbons (Fsp3) is 0.463. The van der Waals surface area contributed by atoms with Crippen molar-refractivity contribution in [1.29, 1.82) is 5.26 Å². The highest BCUT2D eigenvalue weighted by molar-refractivity contribution is 5.80. The van der Waals surface area contributed by atoms with E-state index in [4.69, 9.17) is 34.4 Å². The van der Waals surface area contributed by atoms with E-state index in [1.165, 1.54) is 75.7 Å². The zero-order valence-corrected chi connectivity index (χ0v) is 71.8. The van der Waals surface area contributed by atoms with Crippen molar-refractivity contribution in [2.75, 3.05) is 79.6 Å². The molecule has 0 radical (unpaired) electrons. The number of carbonyl (C=O) groups is 6. The number of nitriles is 1. The summed E-state index contributed by atoms with van der Waals surface area (Å²) in [7, 11) is 4.10. The van der Waals surface area contributed by atoms with Gasteiger partial charge < -0.3 is 53.7 Å². The summed E-state index contributed by atoms with van der Waals surface area (Å²) in [6.45, 7) is 13.4. The molecule has 8 aliphatic carbocycles. The van der Waals surface area contributed by atoms with Gasteiger partial charge in [0.25, 0.3) is 0 Å². The van der Waals surface area contributed by atoms with Crippen LogP contribution in [0.1, 0.15) is 175 Å². The van der Waals surface area contributed by atoms with E-state index in [1.807, 2.05) is 48.4 Å². The Balaban J connectivity index is 0.000000119. The summed E-state index contributed by atoms with van der Waals surface area (Å²) in [5.74, 6) is -2.46. The molecule has 27 nitrogen and oxygen atoms in total. The number of carbonyl (C=O) groups excluding carboxylic acids is 5. The molecule has 5 amide bonds. The van der Waals surface area contributed by atoms with Crippen LogP contribution in [0.25, 0.3) is 47.1 Å². The number of fused-ring (bicyclic) bond motifs is 12. The predicted octanol–water partition coefficient (Wildman–Crippen LogP) is 15.1. The Morgan fingerprint density at radius 1 is 0.437 bits per heavy atom. The fourth-order valence-electron chi connectivity index (χ4n) is 22.1. The number of carboxylic acid groups (broad SMARTS) is 1. The van der Waals surface area contributed by atoms with Crippen LogP contribution < -0.4 is 5.32 Å². The summed E-state index contributed by atoms with van der Waals surface area (Å²) in [5.41, 5.74) is 12.9. The van der Waals surface area contributed by atoms with Gasteiger partial charge in [0.15, 0.2) is 6.19 Å². The molecule has 8 aromatic rings. The van der Waals surface area contributed by atoms with Crippen molar-refractivity contribution in [3.63, 3.8) is 0 Å². The molecule has 0 bridgehead atoms. The zero-order chi connectivity index (χ0) is 88.5. The lowest BCUT2D eigenvalue weighted by atomic mass is 9.57. The van der Waals surface area contributed by atoms with E-state index < -0.39 is 51.9 Å². The standard InChI is InChI=1S/C25H31FN4O2.C24H24FN5O3.C23H24FN3O4.C23H26FN3O3/c1-24-15-18-16-27-30(21-9-7-20(26)8-10-21)22(18)14-19(24)6-4-11-25(24)17-29(23(31)32-25)13-5-12-28(2)3;1-23-12-16-13-28-30(19-6-4-18(25)5-7-19)20(16)11-17(23)3-2-9-24(23)14-29(22(32)33-24)10-8-21(31)27-15-26;1-22-12-15-13-25-27(18-6-4-17(24)5-7-18)19(15)11-16(22)3-2-9-23(22)14-26(21(30)31-23)10-8-20(28)29;1-22-13-16-14-25-27(19-7-5-18(24)6-8-19)20(16)12-17(22)4-2-9-23(22)15-26(10-3-11-28)21(29)30-23/h7-10,14,16H,4-6,11-13,15,17H2,1-3H3;4-7,11,13H,2-3,8-10,12,14H2,1H3,(H,27,31);4-7,11,13H,2-3,8-10,12,14H2,1H3,(H,28,29);5-8,12,14,28H,2-4,9-11,13,15H2,1H3/t24-,25+;23-,24+;2*22-,23+/m0000/s1. The van der Waals surface area contributed by atoms with E-state index in [9.17, 15) is 46.3 Å². The highest BCUT2D eigenvalue weighted by atomic mass is 19.1. The average molecular weight is 1720 g/mol. The molecule has 0 unspecified atom stereocenters. The molecule has 4 aromatic carbocycles. The maximum atomic E-state index is 13.4. The van der Waals surface area contributed by atoms with Crippen LogP contribution >= 0.6 is 0 Å². The van der Waals surface area contributed by atoms with Crippen LogP contribution in [0.2, 0.25) is 0 Å². The van der Waals surface area contributed by atoms with E-state index in [-0.39, 0.29) is 84.2 Å². The van der Waals surface area contributed by atoms with Crippen LogP contribution in [0.5, 0.6) is 0 Å². The number of aliphatic hydroxyl groups is 1. The lowest BCUT2D eigenvalue weighted by molar-refractivity contribution is -0.137. The fourth-order valence-corrected chi connectivity index (χ4v) is 22.1. The first-order valence-corrected chi connectivity index (χ1v) is 43.7. The van der Waals surface area contributed by atoms with Gasteiger partial charge in [-0.25, -0.2) is 55.5 Å². The van der Waals surface area contributed by atoms with Gasteiger partial charge in [0.1, 0.15) is 45.7 Å². The van der Waals surface area contributed by atoms with Crippen molar-refractivity contribution in [2.24, 2.45) is 21.7 Å². The molecule has 4 aromatic heterocycles. The minimum atomic E-state index is -0.931. The van der Waals surface area contributed by atoms with Crippen LogP contribution in [0, 0.1) is 56.4 Å². The van der Waals surface area contributed by atoms with Crippen molar-refractivity contribution < 1.29 is 75.5 Å². The van der Waals surface area contributed by atoms with E-state index in [0.717, 1.165) is 177 Å². The first kappa shape index (κ1) is 86.0. The molecule has 8 fully saturated rings. The van der Waals surface area contributed by atoms with Crippen molar-refractivity contribution in [3.05, 3.63) is 212 Å². The second kappa shape index (κ2) is 33.6. The number of ether oxygens (including phenoxy) is 4. The number of nitrogens with one attached hydrogen (secondary N) is 1. The highest BCUT2D eigenvalue weighted by Gasteiger charge is 2.65. The Labute approximate surface area is 727 Å². The summed E-state index contributed by atoms with van der Waals surface area (Å²) in [6.07, 6.45) is 31.5. The summed E-state index contributed by atoms with van der Waals surface area (Å²) < 4.78 is 85.3. The third-order valence-electron chi connectivity index (χ3n) is 29.2. The number of aromatic nitrogens is 8.